The molecule has 5 heteroatoms. The summed E-state index contributed by atoms with van der Waals surface area (Å²) in [6.07, 6.45) is 0. The molecule has 0 amide bonds. The molecule has 0 saturated heterocycles. The van der Waals surface area contributed by atoms with Gasteiger partial charge in [-0.25, -0.2) is 4.79 Å². The molecule has 4 nitrogen and oxygen atoms in total. The summed E-state index contributed by atoms with van der Waals surface area (Å²) in [5.41, 5.74) is 2.11. The highest BCUT2D eigenvalue weighted by Crippen LogP contribution is 2.23. The molecular weight excluding hydrogens is 336 g/mol. The predicted molar refractivity (Wildman–Crippen MR) is 82.2 cm³/mol. The largest absolute Gasteiger partial charge is 0.488 e. The third kappa shape index (κ3) is 3.83. The summed E-state index contributed by atoms with van der Waals surface area (Å²) in [4.78, 5) is 11.4. The van der Waals surface area contributed by atoms with Crippen LogP contribution in [0.25, 0.3) is 0 Å². The minimum atomic E-state index is -0.381. The Bertz CT molecular complexity index is 640. The molecule has 2 aromatic rings. The average molecular weight is 351 g/mol. The molecule has 0 saturated carbocycles. The van der Waals surface area contributed by atoms with E-state index in [1.807, 2.05) is 24.3 Å². The number of esters is 1. The van der Waals surface area contributed by atoms with Crippen LogP contribution in [0.5, 0.6) is 5.75 Å². The number of benzene rings is 2. The van der Waals surface area contributed by atoms with Crippen LogP contribution >= 0.6 is 15.9 Å². The van der Waals surface area contributed by atoms with Crippen LogP contribution in [-0.4, -0.2) is 18.2 Å². The summed E-state index contributed by atoms with van der Waals surface area (Å²) >= 11 is 3.42. The quantitative estimate of drug-likeness (QED) is 0.840. The van der Waals surface area contributed by atoms with Crippen molar-refractivity contribution in [1.29, 1.82) is 0 Å². The van der Waals surface area contributed by atoms with E-state index in [-0.39, 0.29) is 12.6 Å². The predicted octanol–water partition coefficient (Wildman–Crippen LogP) is 3.31. The van der Waals surface area contributed by atoms with Gasteiger partial charge >= 0.3 is 5.97 Å². The van der Waals surface area contributed by atoms with E-state index >= 15 is 0 Å². The standard InChI is InChI=1S/C16H15BrO4/c1-20-16(19)11-6-7-13(14(17)8-11)10-21-15-5-3-2-4-12(15)9-18/h2-8,18H,9-10H2,1H3. The molecule has 21 heavy (non-hydrogen) atoms. The average Bonchev–Trinajstić information content (AvgIpc) is 2.53. The van der Waals surface area contributed by atoms with Crippen molar-refractivity contribution in [2.45, 2.75) is 13.2 Å². The van der Waals surface area contributed by atoms with Gasteiger partial charge in [-0.2, -0.15) is 0 Å². The fourth-order valence-corrected chi connectivity index (χ4v) is 2.33. The highest BCUT2D eigenvalue weighted by atomic mass is 79.9. The number of hydrogen-bond donors (Lipinski definition) is 1. The molecule has 110 valence electrons. The fourth-order valence-electron chi connectivity index (χ4n) is 1.84. The van der Waals surface area contributed by atoms with Gasteiger partial charge in [-0.05, 0) is 18.2 Å². The molecule has 0 radical (unpaired) electrons. The minimum absolute atomic E-state index is 0.0708. The van der Waals surface area contributed by atoms with Crippen molar-refractivity contribution in [3.63, 3.8) is 0 Å². The molecule has 0 aliphatic carbocycles. The molecule has 0 heterocycles. The van der Waals surface area contributed by atoms with Crippen LogP contribution in [-0.2, 0) is 18.0 Å². The summed E-state index contributed by atoms with van der Waals surface area (Å²) in [6.45, 7) is 0.262. The molecular formula is C16H15BrO4. The Kier molecular flexibility index (Phi) is 5.36. The topological polar surface area (TPSA) is 55.8 Å². The van der Waals surface area contributed by atoms with E-state index in [0.29, 0.717) is 17.9 Å². The van der Waals surface area contributed by atoms with Gasteiger partial charge in [0, 0.05) is 15.6 Å². The molecule has 0 aliphatic rings. The van der Waals surface area contributed by atoms with Crippen molar-refractivity contribution in [2.24, 2.45) is 0 Å². The van der Waals surface area contributed by atoms with Crippen molar-refractivity contribution < 1.29 is 19.4 Å². The maximum atomic E-state index is 11.4. The molecule has 1 N–H and O–H groups in total. The number of methoxy groups -OCH3 is 1. The van der Waals surface area contributed by atoms with Gasteiger partial charge < -0.3 is 14.6 Å². The number of rotatable bonds is 5. The van der Waals surface area contributed by atoms with E-state index in [4.69, 9.17) is 4.74 Å². The summed E-state index contributed by atoms with van der Waals surface area (Å²) in [5.74, 6) is 0.262. The third-order valence-corrected chi connectivity index (χ3v) is 3.74. The SMILES string of the molecule is COC(=O)c1ccc(COc2ccccc2CO)c(Br)c1. The molecule has 0 aromatic heterocycles. The lowest BCUT2D eigenvalue weighted by atomic mass is 10.1. The number of para-hydroxylation sites is 1. The second-order valence-electron chi connectivity index (χ2n) is 4.35. The molecule has 2 aromatic carbocycles. The van der Waals surface area contributed by atoms with Crippen LogP contribution in [0.15, 0.2) is 46.9 Å². The molecule has 0 bridgehead atoms. The molecule has 0 spiro atoms. The second-order valence-corrected chi connectivity index (χ2v) is 5.21. The zero-order valence-electron chi connectivity index (χ0n) is 11.5. The lowest BCUT2D eigenvalue weighted by Gasteiger charge is -2.11. The van der Waals surface area contributed by atoms with E-state index in [2.05, 4.69) is 20.7 Å². The number of hydrogen-bond acceptors (Lipinski definition) is 4. The van der Waals surface area contributed by atoms with Crippen molar-refractivity contribution >= 4 is 21.9 Å². The van der Waals surface area contributed by atoms with Crippen LogP contribution in [0.1, 0.15) is 21.5 Å². The fraction of sp³-hybridized carbons (Fsp3) is 0.188. The number of ether oxygens (including phenoxy) is 2. The first-order valence-corrected chi connectivity index (χ1v) is 7.13. The first-order valence-electron chi connectivity index (χ1n) is 6.34. The van der Waals surface area contributed by atoms with Gasteiger partial charge in [-0.15, -0.1) is 0 Å². The molecule has 0 unspecified atom stereocenters. The Morgan fingerprint density at radius 2 is 1.95 bits per heavy atom. The van der Waals surface area contributed by atoms with Gasteiger partial charge in [-0.3, -0.25) is 0 Å². The van der Waals surface area contributed by atoms with Crippen molar-refractivity contribution in [1.82, 2.24) is 0 Å². The minimum Gasteiger partial charge on any atom is -0.488 e. The zero-order valence-corrected chi connectivity index (χ0v) is 13.1. The van der Waals surface area contributed by atoms with Gasteiger partial charge in [0.25, 0.3) is 0 Å². The van der Waals surface area contributed by atoms with E-state index in [9.17, 15) is 9.90 Å². The molecule has 0 fully saturated rings. The maximum Gasteiger partial charge on any atom is 0.337 e. The third-order valence-electron chi connectivity index (χ3n) is 3.00. The normalized spacial score (nSPS) is 10.2. The van der Waals surface area contributed by atoms with Crippen molar-refractivity contribution in [2.75, 3.05) is 7.11 Å². The Hall–Kier alpha value is -1.85. The van der Waals surface area contributed by atoms with E-state index in [1.54, 1.807) is 18.2 Å². The Morgan fingerprint density at radius 1 is 1.19 bits per heavy atom. The van der Waals surface area contributed by atoms with Crippen molar-refractivity contribution in [3.05, 3.63) is 63.6 Å². The van der Waals surface area contributed by atoms with E-state index < -0.39 is 0 Å². The Morgan fingerprint density at radius 3 is 2.62 bits per heavy atom. The Balaban J connectivity index is 2.12. The summed E-state index contributed by atoms with van der Waals surface area (Å²) in [6, 6.07) is 12.5. The van der Waals surface area contributed by atoms with Gasteiger partial charge in [0.15, 0.2) is 0 Å². The number of carbonyl (C=O) groups is 1. The van der Waals surface area contributed by atoms with Crippen LogP contribution in [0.4, 0.5) is 0 Å². The van der Waals surface area contributed by atoms with Crippen LogP contribution in [0, 0.1) is 0 Å². The second kappa shape index (κ2) is 7.24. The smallest absolute Gasteiger partial charge is 0.337 e. The lowest BCUT2D eigenvalue weighted by molar-refractivity contribution is 0.0600. The molecule has 0 aliphatic heterocycles. The molecule has 2 rings (SSSR count). The number of carbonyl (C=O) groups excluding carboxylic acids is 1. The van der Waals surface area contributed by atoms with Crippen LogP contribution < -0.4 is 4.74 Å². The van der Waals surface area contributed by atoms with Gasteiger partial charge in [0.1, 0.15) is 12.4 Å². The summed E-state index contributed by atoms with van der Waals surface area (Å²) < 4.78 is 11.2. The van der Waals surface area contributed by atoms with Gasteiger partial charge in [0.2, 0.25) is 0 Å². The van der Waals surface area contributed by atoms with Crippen LogP contribution in [0.3, 0.4) is 0 Å². The van der Waals surface area contributed by atoms with Gasteiger partial charge in [0.05, 0.1) is 19.3 Å². The number of aliphatic hydroxyl groups is 1. The number of aliphatic hydroxyl groups excluding tert-OH is 1. The molecule has 0 atom stereocenters. The Labute approximate surface area is 131 Å². The van der Waals surface area contributed by atoms with Gasteiger partial charge in [-0.1, -0.05) is 40.2 Å². The van der Waals surface area contributed by atoms with E-state index in [0.717, 1.165) is 15.6 Å². The number of halogens is 1. The highest BCUT2D eigenvalue weighted by molar-refractivity contribution is 9.10. The first kappa shape index (κ1) is 15.5. The first-order chi connectivity index (χ1) is 10.2. The van der Waals surface area contributed by atoms with Crippen LogP contribution in [0.2, 0.25) is 0 Å². The van der Waals surface area contributed by atoms with Crippen molar-refractivity contribution in [3.8, 4) is 5.75 Å². The van der Waals surface area contributed by atoms with E-state index in [1.165, 1.54) is 7.11 Å². The maximum absolute atomic E-state index is 11.4. The summed E-state index contributed by atoms with van der Waals surface area (Å²) in [7, 11) is 1.35. The zero-order chi connectivity index (χ0) is 15.2. The lowest BCUT2D eigenvalue weighted by Crippen LogP contribution is -2.03. The monoisotopic (exact) mass is 350 g/mol. The highest BCUT2D eigenvalue weighted by Gasteiger charge is 2.09. The summed E-state index contributed by atoms with van der Waals surface area (Å²) in [5, 5.41) is 9.25.